The molecule has 2 aromatic carbocycles. The van der Waals surface area contributed by atoms with Gasteiger partial charge in [-0.2, -0.15) is 5.10 Å². The molecule has 0 aliphatic carbocycles. The third-order valence-corrected chi connectivity index (χ3v) is 5.99. The van der Waals surface area contributed by atoms with Crippen molar-refractivity contribution in [1.29, 1.82) is 0 Å². The number of halogens is 1. The van der Waals surface area contributed by atoms with Crippen LogP contribution in [0.25, 0.3) is 5.69 Å². The molecular formula is C21H16IN3O4. The van der Waals surface area contributed by atoms with Gasteiger partial charge in [-0.15, -0.1) is 0 Å². The van der Waals surface area contributed by atoms with E-state index in [0.29, 0.717) is 36.5 Å². The van der Waals surface area contributed by atoms with Gasteiger partial charge in [0.15, 0.2) is 5.69 Å². The van der Waals surface area contributed by atoms with Crippen LogP contribution in [0, 0.1) is 3.57 Å². The molecule has 7 nitrogen and oxygen atoms in total. The number of hydrogen-bond donors (Lipinski definition) is 1. The van der Waals surface area contributed by atoms with Crippen molar-refractivity contribution in [2.24, 2.45) is 0 Å². The molecule has 8 heteroatoms. The zero-order valence-corrected chi connectivity index (χ0v) is 17.4. The fraction of sp³-hybridized carbons (Fsp3) is 0.190. The zero-order chi connectivity index (χ0) is 20.1. The first-order valence-corrected chi connectivity index (χ1v) is 10.3. The van der Waals surface area contributed by atoms with Crippen LogP contribution >= 0.6 is 22.6 Å². The fourth-order valence-corrected chi connectivity index (χ4v) is 4.25. The van der Waals surface area contributed by atoms with E-state index in [-0.39, 0.29) is 11.6 Å². The van der Waals surface area contributed by atoms with Gasteiger partial charge in [-0.1, -0.05) is 0 Å². The second-order valence-electron chi connectivity index (χ2n) is 6.97. The van der Waals surface area contributed by atoms with Crippen LogP contribution in [-0.2, 0) is 12.8 Å². The molecule has 2 aliphatic rings. The number of carboxylic acids is 1. The molecule has 3 heterocycles. The molecule has 0 atom stereocenters. The van der Waals surface area contributed by atoms with Crippen molar-refractivity contribution in [3.63, 3.8) is 0 Å². The van der Waals surface area contributed by atoms with Crippen LogP contribution in [0.1, 0.15) is 32.1 Å². The number of aromatic nitrogens is 2. The highest BCUT2D eigenvalue weighted by molar-refractivity contribution is 14.1. The van der Waals surface area contributed by atoms with Crippen molar-refractivity contribution in [3.05, 3.63) is 68.5 Å². The van der Waals surface area contributed by atoms with Gasteiger partial charge in [-0.3, -0.25) is 4.79 Å². The predicted octanol–water partition coefficient (Wildman–Crippen LogP) is 3.31. The van der Waals surface area contributed by atoms with E-state index in [1.165, 1.54) is 4.68 Å². The second-order valence-corrected chi connectivity index (χ2v) is 8.21. The van der Waals surface area contributed by atoms with E-state index in [1.54, 1.807) is 11.0 Å². The Bertz CT molecular complexity index is 1150. The number of benzene rings is 2. The molecule has 1 amide bonds. The lowest BCUT2D eigenvalue weighted by Crippen LogP contribution is -2.39. The maximum absolute atomic E-state index is 13.4. The monoisotopic (exact) mass is 501 g/mol. The number of carbonyl (C=O) groups excluding carboxylic acids is 1. The van der Waals surface area contributed by atoms with Gasteiger partial charge < -0.3 is 14.7 Å². The highest BCUT2D eigenvalue weighted by atomic mass is 127. The van der Waals surface area contributed by atoms with Gasteiger partial charge in [0, 0.05) is 27.8 Å². The number of ether oxygens (including phenoxy) is 1. The maximum Gasteiger partial charge on any atom is 0.356 e. The number of fused-ring (bicyclic) bond motifs is 2. The molecule has 0 saturated carbocycles. The fourth-order valence-electron chi connectivity index (χ4n) is 3.89. The van der Waals surface area contributed by atoms with Crippen LogP contribution in [-0.4, -0.2) is 39.9 Å². The second kappa shape index (κ2) is 6.87. The zero-order valence-electron chi connectivity index (χ0n) is 15.3. The summed E-state index contributed by atoms with van der Waals surface area (Å²) in [6.45, 7) is 1.03. The van der Waals surface area contributed by atoms with Gasteiger partial charge in [0.2, 0.25) is 0 Å². The topological polar surface area (TPSA) is 84.7 Å². The maximum atomic E-state index is 13.4. The molecule has 0 radical (unpaired) electrons. The van der Waals surface area contributed by atoms with E-state index < -0.39 is 5.97 Å². The van der Waals surface area contributed by atoms with Gasteiger partial charge in [0.25, 0.3) is 5.91 Å². The molecule has 1 N–H and O–H groups in total. The lowest BCUT2D eigenvalue weighted by atomic mass is 10.0. The van der Waals surface area contributed by atoms with Crippen LogP contribution < -0.4 is 9.64 Å². The van der Waals surface area contributed by atoms with Gasteiger partial charge in [-0.25, -0.2) is 9.48 Å². The minimum absolute atomic E-state index is 0.0626. The minimum Gasteiger partial charge on any atom is -0.493 e. The third-order valence-electron chi connectivity index (χ3n) is 5.28. The van der Waals surface area contributed by atoms with Crippen molar-refractivity contribution in [1.82, 2.24) is 9.78 Å². The molecule has 0 saturated heterocycles. The largest absolute Gasteiger partial charge is 0.493 e. The van der Waals surface area contributed by atoms with E-state index in [4.69, 9.17) is 4.74 Å². The van der Waals surface area contributed by atoms with Gasteiger partial charge in [-0.05, 0) is 77.0 Å². The first-order valence-electron chi connectivity index (χ1n) is 9.21. The van der Waals surface area contributed by atoms with Crippen LogP contribution in [0.3, 0.4) is 0 Å². The SMILES string of the molecule is O=C(O)c1nn(-c2ccc3c(c2)CCO3)c2c1CCN(c1ccc(I)cc1)C2=O. The predicted molar refractivity (Wildman–Crippen MR) is 114 cm³/mol. The quantitative estimate of drug-likeness (QED) is 0.557. The Kier molecular flexibility index (Phi) is 4.30. The summed E-state index contributed by atoms with van der Waals surface area (Å²) < 4.78 is 8.10. The normalized spacial score (nSPS) is 15.1. The lowest BCUT2D eigenvalue weighted by Gasteiger charge is -2.27. The van der Waals surface area contributed by atoms with Gasteiger partial charge in [0.05, 0.1) is 12.3 Å². The van der Waals surface area contributed by atoms with E-state index in [2.05, 4.69) is 27.7 Å². The summed E-state index contributed by atoms with van der Waals surface area (Å²) in [4.78, 5) is 26.9. The van der Waals surface area contributed by atoms with Crippen molar-refractivity contribution < 1.29 is 19.4 Å². The van der Waals surface area contributed by atoms with Crippen LogP contribution in [0.2, 0.25) is 0 Å². The van der Waals surface area contributed by atoms with Crippen molar-refractivity contribution >= 4 is 40.2 Å². The van der Waals surface area contributed by atoms with Crippen LogP contribution in [0.4, 0.5) is 5.69 Å². The lowest BCUT2D eigenvalue weighted by molar-refractivity contribution is 0.0688. The first kappa shape index (κ1) is 18.2. The molecule has 1 aromatic heterocycles. The van der Waals surface area contributed by atoms with E-state index >= 15 is 0 Å². The Morgan fingerprint density at radius 1 is 1.10 bits per heavy atom. The van der Waals surface area contributed by atoms with E-state index in [1.807, 2.05) is 36.4 Å². The molecule has 3 aromatic rings. The minimum atomic E-state index is -1.12. The summed E-state index contributed by atoms with van der Waals surface area (Å²) in [7, 11) is 0. The Morgan fingerprint density at radius 3 is 2.62 bits per heavy atom. The average molecular weight is 501 g/mol. The molecule has 0 spiro atoms. The van der Waals surface area contributed by atoms with Crippen molar-refractivity contribution in [3.8, 4) is 11.4 Å². The highest BCUT2D eigenvalue weighted by Gasteiger charge is 2.35. The Labute approximate surface area is 180 Å². The number of carbonyl (C=O) groups is 2. The van der Waals surface area contributed by atoms with Crippen LogP contribution in [0.5, 0.6) is 5.75 Å². The molecular weight excluding hydrogens is 485 g/mol. The van der Waals surface area contributed by atoms with E-state index in [9.17, 15) is 14.7 Å². The summed E-state index contributed by atoms with van der Waals surface area (Å²) in [6, 6.07) is 13.2. The number of amides is 1. The molecule has 0 unspecified atom stereocenters. The highest BCUT2D eigenvalue weighted by Crippen LogP contribution is 2.32. The summed E-state index contributed by atoms with van der Waals surface area (Å²) in [5, 5.41) is 13.9. The summed E-state index contributed by atoms with van der Waals surface area (Å²) in [5.74, 6) is -0.552. The smallest absolute Gasteiger partial charge is 0.356 e. The third kappa shape index (κ3) is 2.98. The Hall–Kier alpha value is -2.88. The van der Waals surface area contributed by atoms with Crippen molar-refractivity contribution in [2.75, 3.05) is 18.1 Å². The standard InChI is InChI=1S/C21H16IN3O4/c22-13-1-3-14(4-2-13)24-9-7-16-18(21(27)28)23-25(19(16)20(24)26)15-5-6-17-12(11-15)8-10-29-17/h1-6,11H,7-10H2,(H,27,28). The number of anilines is 1. The first-order chi connectivity index (χ1) is 14.0. The molecule has 2 aliphatic heterocycles. The van der Waals surface area contributed by atoms with Gasteiger partial charge in [0.1, 0.15) is 11.4 Å². The Morgan fingerprint density at radius 2 is 1.86 bits per heavy atom. The number of nitrogens with zero attached hydrogens (tertiary/aromatic N) is 3. The molecule has 146 valence electrons. The summed E-state index contributed by atoms with van der Waals surface area (Å²) >= 11 is 2.22. The van der Waals surface area contributed by atoms with Crippen LogP contribution in [0.15, 0.2) is 42.5 Å². The average Bonchev–Trinajstić information content (AvgIpc) is 3.33. The number of carboxylic acid groups (broad SMARTS) is 1. The molecule has 5 rings (SSSR count). The van der Waals surface area contributed by atoms with Gasteiger partial charge >= 0.3 is 5.97 Å². The molecule has 0 bridgehead atoms. The summed E-state index contributed by atoms with van der Waals surface area (Å²) in [5.41, 5.74) is 3.21. The molecule has 0 fully saturated rings. The van der Waals surface area contributed by atoms with Crippen molar-refractivity contribution in [2.45, 2.75) is 12.8 Å². The number of hydrogen-bond acceptors (Lipinski definition) is 4. The molecule has 29 heavy (non-hydrogen) atoms. The number of rotatable bonds is 3. The summed E-state index contributed by atoms with van der Waals surface area (Å²) in [6.07, 6.45) is 1.21. The Balaban J connectivity index is 1.64. The van der Waals surface area contributed by atoms with E-state index in [0.717, 1.165) is 27.0 Å². The number of aromatic carboxylic acids is 1.